The molecular weight excluding hydrogens is 270 g/mol. The molecule has 0 saturated heterocycles. The van der Waals surface area contributed by atoms with Crippen LogP contribution in [0, 0.1) is 0 Å². The number of thioether (sulfide) groups is 1. The Labute approximate surface area is 113 Å². The van der Waals surface area contributed by atoms with Gasteiger partial charge < -0.3 is 4.74 Å². The molecule has 0 spiro atoms. The lowest BCUT2D eigenvalue weighted by Gasteiger charge is -2.05. The minimum Gasteiger partial charge on any atom is -0.462 e. The molecule has 7 heteroatoms. The van der Waals surface area contributed by atoms with E-state index in [0.29, 0.717) is 5.16 Å². The average Bonchev–Trinajstić information content (AvgIpc) is 2.96. The van der Waals surface area contributed by atoms with Crippen LogP contribution in [0.2, 0.25) is 0 Å². The number of thiophene rings is 1. The zero-order valence-electron chi connectivity index (χ0n) is 10.0. The van der Waals surface area contributed by atoms with Crippen molar-refractivity contribution in [3.8, 4) is 10.7 Å². The largest absolute Gasteiger partial charge is 0.462 e. The van der Waals surface area contributed by atoms with Gasteiger partial charge in [-0.3, -0.25) is 9.89 Å². The second-order valence-corrected chi connectivity index (χ2v) is 5.66. The van der Waals surface area contributed by atoms with E-state index in [1.807, 2.05) is 31.4 Å². The fourth-order valence-corrected chi connectivity index (χ4v) is 2.50. The number of aromatic amines is 1. The van der Waals surface area contributed by atoms with Crippen molar-refractivity contribution < 1.29 is 9.53 Å². The van der Waals surface area contributed by atoms with Crippen molar-refractivity contribution in [3.05, 3.63) is 17.5 Å². The number of rotatable bonds is 5. The van der Waals surface area contributed by atoms with Crippen LogP contribution in [-0.2, 0) is 9.53 Å². The second kappa shape index (κ2) is 6.01. The van der Waals surface area contributed by atoms with Gasteiger partial charge in [-0.15, -0.1) is 16.4 Å². The van der Waals surface area contributed by atoms with E-state index in [2.05, 4.69) is 15.2 Å². The van der Waals surface area contributed by atoms with Crippen LogP contribution in [-0.4, -0.2) is 33.0 Å². The van der Waals surface area contributed by atoms with Crippen LogP contribution in [0.1, 0.15) is 13.8 Å². The first kappa shape index (κ1) is 13.1. The first-order valence-corrected chi connectivity index (χ1v) is 7.30. The molecule has 0 amide bonds. The SMILES string of the molecule is CC(C)OC(=O)CSc1n[nH]c(-c2cccs2)n1. The van der Waals surface area contributed by atoms with Gasteiger partial charge in [0.1, 0.15) is 0 Å². The van der Waals surface area contributed by atoms with Gasteiger partial charge in [0.2, 0.25) is 5.16 Å². The van der Waals surface area contributed by atoms with E-state index in [1.54, 1.807) is 11.3 Å². The molecule has 2 heterocycles. The molecule has 5 nitrogen and oxygen atoms in total. The summed E-state index contributed by atoms with van der Waals surface area (Å²) in [6.45, 7) is 3.65. The molecule has 2 aromatic heterocycles. The first-order chi connectivity index (χ1) is 8.65. The Kier molecular flexibility index (Phi) is 4.38. The van der Waals surface area contributed by atoms with E-state index < -0.39 is 0 Å². The van der Waals surface area contributed by atoms with Crippen molar-refractivity contribution in [2.45, 2.75) is 25.1 Å². The predicted octanol–water partition coefficient (Wildman–Crippen LogP) is 2.58. The van der Waals surface area contributed by atoms with Crippen molar-refractivity contribution in [3.63, 3.8) is 0 Å². The number of hydrogen-bond donors (Lipinski definition) is 1. The Hall–Kier alpha value is -1.34. The van der Waals surface area contributed by atoms with E-state index in [4.69, 9.17) is 4.74 Å². The lowest BCUT2D eigenvalue weighted by Crippen LogP contribution is -2.13. The number of H-pyrrole nitrogens is 1. The van der Waals surface area contributed by atoms with Gasteiger partial charge in [0.15, 0.2) is 5.82 Å². The quantitative estimate of drug-likeness (QED) is 0.674. The maximum absolute atomic E-state index is 11.4. The Balaban J connectivity index is 1.89. The molecule has 0 aliphatic heterocycles. The first-order valence-electron chi connectivity index (χ1n) is 5.43. The monoisotopic (exact) mass is 283 g/mol. The summed E-state index contributed by atoms with van der Waals surface area (Å²) in [4.78, 5) is 16.7. The molecule has 0 aliphatic carbocycles. The number of aromatic nitrogens is 3. The van der Waals surface area contributed by atoms with Crippen LogP contribution < -0.4 is 0 Å². The van der Waals surface area contributed by atoms with Crippen LogP contribution in [0.15, 0.2) is 22.7 Å². The van der Waals surface area contributed by atoms with Crippen molar-refractivity contribution in [2.24, 2.45) is 0 Å². The predicted molar refractivity (Wildman–Crippen MR) is 71.6 cm³/mol. The molecule has 0 aromatic carbocycles. The molecule has 0 fully saturated rings. The van der Waals surface area contributed by atoms with Crippen molar-refractivity contribution in [2.75, 3.05) is 5.75 Å². The fraction of sp³-hybridized carbons (Fsp3) is 0.364. The third kappa shape index (κ3) is 3.58. The summed E-state index contributed by atoms with van der Waals surface area (Å²) >= 11 is 2.85. The van der Waals surface area contributed by atoms with E-state index in [9.17, 15) is 4.79 Å². The number of esters is 1. The third-order valence-corrected chi connectivity index (χ3v) is 3.60. The zero-order valence-corrected chi connectivity index (χ0v) is 11.7. The molecule has 0 aliphatic rings. The molecule has 0 radical (unpaired) electrons. The highest BCUT2D eigenvalue weighted by Crippen LogP contribution is 2.23. The van der Waals surface area contributed by atoms with Gasteiger partial charge in [-0.2, -0.15) is 0 Å². The van der Waals surface area contributed by atoms with Gasteiger partial charge in [-0.1, -0.05) is 17.8 Å². The van der Waals surface area contributed by atoms with Crippen molar-refractivity contribution >= 4 is 29.1 Å². The van der Waals surface area contributed by atoms with Gasteiger partial charge >= 0.3 is 5.97 Å². The molecule has 2 rings (SSSR count). The van der Waals surface area contributed by atoms with Gasteiger partial charge in [-0.05, 0) is 25.3 Å². The van der Waals surface area contributed by atoms with E-state index >= 15 is 0 Å². The van der Waals surface area contributed by atoms with E-state index in [-0.39, 0.29) is 17.8 Å². The highest BCUT2D eigenvalue weighted by Gasteiger charge is 2.10. The Bertz CT molecular complexity index is 508. The van der Waals surface area contributed by atoms with Crippen LogP contribution in [0.3, 0.4) is 0 Å². The number of carbonyl (C=O) groups excluding carboxylic acids is 1. The highest BCUT2D eigenvalue weighted by atomic mass is 32.2. The van der Waals surface area contributed by atoms with Gasteiger partial charge in [-0.25, -0.2) is 4.98 Å². The van der Waals surface area contributed by atoms with Crippen molar-refractivity contribution in [1.29, 1.82) is 0 Å². The molecule has 0 unspecified atom stereocenters. The minimum atomic E-state index is -0.252. The molecule has 1 N–H and O–H groups in total. The molecule has 0 atom stereocenters. The molecule has 0 bridgehead atoms. The lowest BCUT2D eigenvalue weighted by molar-refractivity contribution is -0.144. The van der Waals surface area contributed by atoms with Crippen molar-refractivity contribution in [1.82, 2.24) is 15.2 Å². The summed E-state index contributed by atoms with van der Waals surface area (Å²) in [7, 11) is 0. The third-order valence-electron chi connectivity index (χ3n) is 1.91. The summed E-state index contributed by atoms with van der Waals surface area (Å²) in [5.41, 5.74) is 0. The number of hydrogen-bond acceptors (Lipinski definition) is 6. The molecule has 2 aromatic rings. The maximum atomic E-state index is 11.4. The van der Waals surface area contributed by atoms with Crippen LogP contribution in [0.4, 0.5) is 0 Å². The number of carbonyl (C=O) groups is 1. The maximum Gasteiger partial charge on any atom is 0.316 e. The van der Waals surface area contributed by atoms with Gasteiger partial charge in [0.05, 0.1) is 16.7 Å². The minimum absolute atomic E-state index is 0.0908. The normalized spacial score (nSPS) is 10.8. The summed E-state index contributed by atoms with van der Waals surface area (Å²) in [6.07, 6.45) is -0.0908. The number of nitrogens with one attached hydrogen (secondary N) is 1. The van der Waals surface area contributed by atoms with E-state index in [1.165, 1.54) is 11.8 Å². The summed E-state index contributed by atoms with van der Waals surface area (Å²) in [5.74, 6) is 0.696. The van der Waals surface area contributed by atoms with Crippen LogP contribution >= 0.6 is 23.1 Å². The molecule has 0 saturated carbocycles. The zero-order chi connectivity index (χ0) is 13.0. The van der Waals surface area contributed by atoms with Gasteiger partial charge in [0, 0.05) is 0 Å². The average molecular weight is 283 g/mol. The van der Waals surface area contributed by atoms with E-state index in [0.717, 1.165) is 10.7 Å². The summed E-state index contributed by atoms with van der Waals surface area (Å²) in [5, 5.41) is 9.43. The van der Waals surface area contributed by atoms with Gasteiger partial charge in [0.25, 0.3) is 0 Å². The van der Waals surface area contributed by atoms with Crippen LogP contribution in [0.25, 0.3) is 10.7 Å². The Morgan fingerprint density at radius 3 is 3.11 bits per heavy atom. The van der Waals surface area contributed by atoms with Crippen LogP contribution in [0.5, 0.6) is 0 Å². The topological polar surface area (TPSA) is 67.9 Å². The fourth-order valence-electron chi connectivity index (χ4n) is 1.25. The molecule has 18 heavy (non-hydrogen) atoms. The summed E-state index contributed by atoms with van der Waals surface area (Å²) in [6, 6.07) is 3.92. The Morgan fingerprint density at radius 2 is 2.44 bits per heavy atom. The standard InChI is InChI=1S/C11H13N3O2S2/c1-7(2)16-9(15)6-18-11-12-10(13-14-11)8-4-3-5-17-8/h3-5,7H,6H2,1-2H3,(H,12,13,14). The highest BCUT2D eigenvalue weighted by molar-refractivity contribution is 7.99. The molecular formula is C11H13N3O2S2. The smallest absolute Gasteiger partial charge is 0.316 e. The summed E-state index contributed by atoms with van der Waals surface area (Å²) < 4.78 is 5.03. The number of nitrogens with zero attached hydrogens (tertiary/aromatic N) is 2. The molecule has 96 valence electrons. The lowest BCUT2D eigenvalue weighted by atomic mass is 10.4. The number of ether oxygens (including phenoxy) is 1. The second-order valence-electron chi connectivity index (χ2n) is 3.77. The Morgan fingerprint density at radius 1 is 1.61 bits per heavy atom.